The van der Waals surface area contributed by atoms with E-state index >= 15 is 0 Å². The molecule has 0 aliphatic carbocycles. The number of aromatic carboxylic acids is 1. The van der Waals surface area contributed by atoms with Crippen LogP contribution in [0.3, 0.4) is 0 Å². The SMILES string of the molecule is COc1ccccc1-c1nnc([C@H](CCC(=O)O)NC(=O)c2cccc(C(=O)O)c2)o1. The van der Waals surface area contributed by atoms with Crippen molar-refractivity contribution in [3.05, 3.63) is 65.5 Å². The van der Waals surface area contributed by atoms with Crippen LogP contribution in [0.1, 0.15) is 45.5 Å². The average Bonchev–Trinajstić information content (AvgIpc) is 3.26. The molecule has 0 spiro atoms. The summed E-state index contributed by atoms with van der Waals surface area (Å²) in [4.78, 5) is 34.9. The second-order valence-electron chi connectivity index (χ2n) is 6.49. The molecule has 0 saturated carbocycles. The molecular weight excluding hydrogens is 406 g/mol. The Bertz CT molecular complexity index is 1110. The zero-order chi connectivity index (χ0) is 22.4. The van der Waals surface area contributed by atoms with Gasteiger partial charge in [-0.05, 0) is 36.8 Å². The standard InChI is InChI=1S/C21H19N3O7/c1-30-16-8-3-2-7-14(16)19-23-24-20(31-19)15(9-10-17(25)26)22-18(27)12-5-4-6-13(11-12)21(28)29/h2-8,11,15H,9-10H2,1H3,(H,22,27)(H,25,26)(H,28,29)/t15-/m0/s1. The molecule has 1 atom stereocenters. The maximum atomic E-state index is 12.7. The number of amides is 1. The second-order valence-corrected chi connectivity index (χ2v) is 6.49. The molecule has 3 N–H and O–H groups in total. The van der Waals surface area contributed by atoms with Gasteiger partial charge in [0.25, 0.3) is 11.8 Å². The molecule has 1 heterocycles. The van der Waals surface area contributed by atoms with Crippen LogP contribution in [0.5, 0.6) is 5.75 Å². The number of carboxylic acid groups (broad SMARTS) is 2. The van der Waals surface area contributed by atoms with Gasteiger partial charge in [-0.15, -0.1) is 10.2 Å². The topological polar surface area (TPSA) is 152 Å². The minimum absolute atomic E-state index is 0.00669. The Hall–Kier alpha value is -4.21. The van der Waals surface area contributed by atoms with Crippen LogP contribution >= 0.6 is 0 Å². The summed E-state index contributed by atoms with van der Waals surface area (Å²) in [6.45, 7) is 0. The molecule has 3 aromatic rings. The molecule has 31 heavy (non-hydrogen) atoms. The monoisotopic (exact) mass is 425 g/mol. The quantitative estimate of drug-likeness (QED) is 0.470. The molecule has 0 aliphatic rings. The molecule has 160 valence electrons. The smallest absolute Gasteiger partial charge is 0.335 e. The van der Waals surface area contributed by atoms with E-state index in [1.54, 1.807) is 24.3 Å². The van der Waals surface area contributed by atoms with Crippen LogP contribution in [0, 0.1) is 0 Å². The van der Waals surface area contributed by atoms with Gasteiger partial charge in [0.15, 0.2) is 0 Å². The third-order valence-electron chi connectivity index (χ3n) is 4.40. The Labute approximate surface area is 176 Å². The number of aliphatic carboxylic acids is 1. The first kappa shape index (κ1) is 21.5. The van der Waals surface area contributed by atoms with Crippen molar-refractivity contribution in [2.45, 2.75) is 18.9 Å². The Kier molecular flexibility index (Phi) is 6.61. The first-order valence-corrected chi connectivity index (χ1v) is 9.22. The summed E-state index contributed by atoms with van der Waals surface area (Å²) in [5.74, 6) is -2.16. The molecule has 0 aliphatic heterocycles. The molecule has 3 rings (SSSR count). The highest BCUT2D eigenvalue weighted by Crippen LogP contribution is 2.30. The predicted octanol–water partition coefficient (Wildman–Crippen LogP) is 2.78. The summed E-state index contributed by atoms with van der Waals surface area (Å²) in [5, 5.41) is 28.8. The van der Waals surface area contributed by atoms with Crippen molar-refractivity contribution in [3.63, 3.8) is 0 Å². The zero-order valence-electron chi connectivity index (χ0n) is 16.4. The van der Waals surface area contributed by atoms with Gasteiger partial charge in [0.05, 0.1) is 18.2 Å². The maximum absolute atomic E-state index is 12.7. The summed E-state index contributed by atoms with van der Waals surface area (Å²) >= 11 is 0. The number of rotatable bonds is 9. The fraction of sp³-hybridized carbons (Fsp3) is 0.190. The number of methoxy groups -OCH3 is 1. The first-order chi connectivity index (χ1) is 14.9. The number of hydrogen-bond acceptors (Lipinski definition) is 7. The highest BCUT2D eigenvalue weighted by atomic mass is 16.5. The third kappa shape index (κ3) is 5.24. The number of nitrogens with one attached hydrogen (secondary N) is 1. The number of carboxylic acids is 2. The lowest BCUT2D eigenvalue weighted by molar-refractivity contribution is -0.137. The molecule has 1 amide bonds. The molecule has 0 saturated heterocycles. The van der Waals surface area contributed by atoms with Crippen molar-refractivity contribution in [2.24, 2.45) is 0 Å². The molecule has 2 aromatic carbocycles. The van der Waals surface area contributed by atoms with E-state index in [9.17, 15) is 14.4 Å². The number of hydrogen-bond donors (Lipinski definition) is 3. The fourth-order valence-electron chi connectivity index (χ4n) is 2.87. The molecule has 10 nitrogen and oxygen atoms in total. The fourth-order valence-corrected chi connectivity index (χ4v) is 2.87. The van der Waals surface area contributed by atoms with E-state index in [4.69, 9.17) is 19.4 Å². The van der Waals surface area contributed by atoms with Gasteiger partial charge in [-0.25, -0.2) is 4.79 Å². The van der Waals surface area contributed by atoms with Crippen LogP contribution in [0.2, 0.25) is 0 Å². The van der Waals surface area contributed by atoms with Crippen molar-refractivity contribution >= 4 is 17.8 Å². The van der Waals surface area contributed by atoms with Crippen molar-refractivity contribution in [1.29, 1.82) is 0 Å². The molecule has 0 unspecified atom stereocenters. The largest absolute Gasteiger partial charge is 0.496 e. The van der Waals surface area contributed by atoms with Crippen molar-refractivity contribution in [1.82, 2.24) is 15.5 Å². The van der Waals surface area contributed by atoms with Crippen LogP contribution in [0.15, 0.2) is 52.9 Å². The van der Waals surface area contributed by atoms with Crippen LogP contribution in [-0.4, -0.2) is 45.4 Å². The normalized spacial score (nSPS) is 11.5. The number of carbonyl (C=O) groups is 3. The molecule has 10 heteroatoms. The maximum Gasteiger partial charge on any atom is 0.335 e. The van der Waals surface area contributed by atoms with Crippen molar-refractivity contribution in [3.8, 4) is 17.2 Å². The number of carbonyl (C=O) groups excluding carboxylic acids is 1. The van der Waals surface area contributed by atoms with Gasteiger partial charge in [0.1, 0.15) is 11.8 Å². The summed E-state index contributed by atoms with van der Waals surface area (Å²) in [5.41, 5.74) is 0.594. The number of benzene rings is 2. The van der Waals surface area contributed by atoms with E-state index in [1.165, 1.54) is 31.4 Å². The van der Waals surface area contributed by atoms with Gasteiger partial charge in [0.2, 0.25) is 5.89 Å². The Morgan fingerprint density at radius 2 is 1.81 bits per heavy atom. The molecular formula is C21H19N3O7. The van der Waals surface area contributed by atoms with Gasteiger partial charge < -0.3 is 24.7 Å². The van der Waals surface area contributed by atoms with Gasteiger partial charge in [-0.2, -0.15) is 0 Å². The van der Waals surface area contributed by atoms with Crippen molar-refractivity contribution < 1.29 is 33.8 Å². The molecule has 0 radical (unpaired) electrons. The lowest BCUT2D eigenvalue weighted by atomic mass is 10.1. The Morgan fingerprint density at radius 3 is 2.52 bits per heavy atom. The molecule has 0 bridgehead atoms. The minimum Gasteiger partial charge on any atom is -0.496 e. The Balaban J connectivity index is 1.87. The van der Waals surface area contributed by atoms with Crippen LogP contribution < -0.4 is 10.1 Å². The number of aromatic nitrogens is 2. The van der Waals surface area contributed by atoms with Crippen LogP contribution in [0.25, 0.3) is 11.5 Å². The van der Waals surface area contributed by atoms with Crippen LogP contribution in [0.4, 0.5) is 0 Å². The first-order valence-electron chi connectivity index (χ1n) is 9.22. The van der Waals surface area contributed by atoms with Gasteiger partial charge in [-0.3, -0.25) is 9.59 Å². The Morgan fingerprint density at radius 1 is 1.06 bits per heavy atom. The summed E-state index contributed by atoms with van der Waals surface area (Å²) in [6.07, 6.45) is -0.264. The number of para-hydroxylation sites is 1. The van der Waals surface area contributed by atoms with Gasteiger partial charge in [0, 0.05) is 12.0 Å². The van der Waals surface area contributed by atoms with E-state index in [-0.39, 0.29) is 35.7 Å². The summed E-state index contributed by atoms with van der Waals surface area (Å²) in [7, 11) is 1.50. The minimum atomic E-state index is -1.17. The van der Waals surface area contributed by atoms with Gasteiger partial charge >= 0.3 is 11.9 Å². The lowest BCUT2D eigenvalue weighted by Gasteiger charge is -2.14. The number of nitrogens with zero attached hydrogens (tertiary/aromatic N) is 2. The predicted molar refractivity (Wildman–Crippen MR) is 107 cm³/mol. The van der Waals surface area contributed by atoms with Gasteiger partial charge in [-0.1, -0.05) is 18.2 Å². The summed E-state index contributed by atoms with van der Waals surface area (Å²) < 4.78 is 11.0. The van der Waals surface area contributed by atoms with E-state index in [0.29, 0.717) is 11.3 Å². The highest BCUT2D eigenvalue weighted by Gasteiger charge is 2.24. The van der Waals surface area contributed by atoms with E-state index < -0.39 is 23.9 Å². The van der Waals surface area contributed by atoms with E-state index in [1.807, 2.05) is 0 Å². The third-order valence-corrected chi connectivity index (χ3v) is 4.40. The van der Waals surface area contributed by atoms with Crippen molar-refractivity contribution in [2.75, 3.05) is 7.11 Å². The van der Waals surface area contributed by atoms with Crippen LogP contribution in [-0.2, 0) is 4.79 Å². The highest BCUT2D eigenvalue weighted by molar-refractivity contribution is 5.97. The zero-order valence-corrected chi connectivity index (χ0v) is 16.4. The number of ether oxygens (including phenoxy) is 1. The molecule has 1 aromatic heterocycles. The van der Waals surface area contributed by atoms with E-state index in [0.717, 1.165) is 0 Å². The summed E-state index contributed by atoms with van der Waals surface area (Å²) in [6, 6.07) is 11.6. The van der Waals surface area contributed by atoms with E-state index in [2.05, 4.69) is 15.5 Å². The molecule has 0 fully saturated rings. The lowest BCUT2D eigenvalue weighted by Crippen LogP contribution is -2.29. The second kappa shape index (κ2) is 9.53. The average molecular weight is 425 g/mol.